The van der Waals surface area contributed by atoms with Gasteiger partial charge in [-0.25, -0.2) is 0 Å². The summed E-state index contributed by atoms with van der Waals surface area (Å²) in [6.07, 6.45) is 1.55. The average molecular weight is 355 g/mol. The number of fused-ring (bicyclic) bond motifs is 1. The van der Waals surface area contributed by atoms with E-state index in [1.807, 2.05) is 12.1 Å². The lowest BCUT2D eigenvalue weighted by Gasteiger charge is -1.95. The standard InChI is InChI=1S/C8H6N2OS2.C2H6ClO3P/c1-12-8(11)5-3-2-4-6-7(5)13-10-9-6;3-1-2-7(4,5)6/h2-4H,1H3;1-2H2,(H2,4,5,6). The lowest BCUT2D eigenvalue weighted by Crippen LogP contribution is -1.91. The van der Waals surface area contributed by atoms with Crippen LogP contribution in [-0.2, 0) is 4.57 Å². The highest BCUT2D eigenvalue weighted by Crippen LogP contribution is 2.33. The Kier molecular flexibility index (Phi) is 7.08. The van der Waals surface area contributed by atoms with Crippen LogP contribution < -0.4 is 0 Å². The summed E-state index contributed by atoms with van der Waals surface area (Å²) in [6, 6.07) is 5.49. The first kappa shape index (κ1) is 17.6. The number of halogens is 1. The van der Waals surface area contributed by atoms with Gasteiger partial charge in [0.1, 0.15) is 5.52 Å². The minimum Gasteiger partial charge on any atom is -0.324 e. The van der Waals surface area contributed by atoms with Crippen molar-refractivity contribution in [1.29, 1.82) is 0 Å². The zero-order valence-electron chi connectivity index (χ0n) is 10.4. The normalized spacial score (nSPS) is 11.0. The van der Waals surface area contributed by atoms with Crippen LogP contribution in [0.4, 0.5) is 0 Å². The largest absolute Gasteiger partial charge is 0.326 e. The van der Waals surface area contributed by atoms with Crippen LogP contribution in [0.5, 0.6) is 0 Å². The van der Waals surface area contributed by atoms with Crippen molar-refractivity contribution in [1.82, 2.24) is 9.59 Å². The van der Waals surface area contributed by atoms with E-state index in [1.165, 1.54) is 23.3 Å². The highest BCUT2D eigenvalue weighted by Gasteiger charge is 2.10. The van der Waals surface area contributed by atoms with Gasteiger partial charge in [0.25, 0.3) is 0 Å². The van der Waals surface area contributed by atoms with Crippen LogP contribution in [0.3, 0.4) is 0 Å². The minimum absolute atomic E-state index is 0.0181. The number of hydrogen-bond acceptors (Lipinski definition) is 6. The summed E-state index contributed by atoms with van der Waals surface area (Å²) in [5, 5.41) is 3.97. The third-order valence-electron chi connectivity index (χ3n) is 2.06. The summed E-state index contributed by atoms with van der Waals surface area (Å²) in [4.78, 5) is 27.5. The molecule has 0 radical (unpaired) electrons. The van der Waals surface area contributed by atoms with Crippen LogP contribution in [0.25, 0.3) is 10.2 Å². The quantitative estimate of drug-likeness (QED) is 0.645. The van der Waals surface area contributed by atoms with Gasteiger partial charge in [-0.2, -0.15) is 0 Å². The first-order chi connectivity index (χ1) is 9.39. The maximum absolute atomic E-state index is 11.4. The lowest BCUT2D eigenvalue weighted by molar-refractivity contribution is 0.109. The average Bonchev–Trinajstić information content (AvgIpc) is 2.85. The molecular weight excluding hydrogens is 343 g/mol. The Morgan fingerprint density at radius 2 is 2.20 bits per heavy atom. The summed E-state index contributed by atoms with van der Waals surface area (Å²) < 4.78 is 14.5. The van der Waals surface area contributed by atoms with Gasteiger partial charge >= 0.3 is 7.60 Å². The first-order valence-corrected chi connectivity index (χ1v) is 9.62. The maximum Gasteiger partial charge on any atom is 0.326 e. The van der Waals surface area contributed by atoms with Crippen LogP contribution in [0, 0.1) is 0 Å². The second kappa shape index (κ2) is 8.07. The predicted octanol–water partition coefficient (Wildman–Crippen LogP) is 2.60. The van der Waals surface area contributed by atoms with Crippen LogP contribution in [0.2, 0.25) is 0 Å². The number of carbonyl (C=O) groups is 1. The van der Waals surface area contributed by atoms with Gasteiger partial charge in [-0.05, 0) is 29.9 Å². The van der Waals surface area contributed by atoms with E-state index < -0.39 is 7.60 Å². The molecule has 6 nitrogen and oxygen atoms in total. The number of nitrogens with zero attached hydrogens (tertiary/aromatic N) is 2. The molecule has 2 N–H and O–H groups in total. The molecule has 2 aromatic rings. The van der Waals surface area contributed by atoms with E-state index in [0.717, 1.165) is 10.2 Å². The van der Waals surface area contributed by atoms with Gasteiger partial charge in [0, 0.05) is 11.4 Å². The molecule has 0 atom stereocenters. The Hall–Kier alpha value is -0.500. The highest BCUT2D eigenvalue weighted by atomic mass is 35.5. The van der Waals surface area contributed by atoms with Gasteiger partial charge in [0.05, 0.1) is 10.9 Å². The number of aromatic nitrogens is 2. The molecule has 0 bridgehead atoms. The van der Waals surface area contributed by atoms with Gasteiger partial charge in [-0.3, -0.25) is 9.36 Å². The molecule has 0 aliphatic carbocycles. The van der Waals surface area contributed by atoms with E-state index in [2.05, 4.69) is 9.59 Å². The molecular formula is C10H12ClN2O4PS2. The van der Waals surface area contributed by atoms with Gasteiger partial charge < -0.3 is 9.79 Å². The summed E-state index contributed by atoms with van der Waals surface area (Å²) >= 11 is 7.46. The van der Waals surface area contributed by atoms with Crippen LogP contribution in [0.15, 0.2) is 18.2 Å². The molecule has 0 fully saturated rings. The lowest BCUT2D eigenvalue weighted by atomic mass is 10.2. The molecule has 110 valence electrons. The SMILES string of the molecule is CSC(=O)c1cccc2nnsc12.O=P(O)(O)CCCl. The predicted molar refractivity (Wildman–Crippen MR) is 82.9 cm³/mol. The molecule has 1 aromatic heterocycles. The van der Waals surface area contributed by atoms with Gasteiger partial charge in [-0.1, -0.05) is 22.3 Å². The Morgan fingerprint density at radius 3 is 2.70 bits per heavy atom. The monoisotopic (exact) mass is 354 g/mol. The second-order valence-corrected chi connectivity index (χ2v) is 7.18. The van der Waals surface area contributed by atoms with E-state index in [9.17, 15) is 9.36 Å². The fourth-order valence-electron chi connectivity index (χ4n) is 1.19. The molecule has 1 heterocycles. The molecule has 0 aliphatic heterocycles. The van der Waals surface area contributed by atoms with Crippen molar-refractivity contribution < 1.29 is 19.1 Å². The number of benzene rings is 1. The zero-order valence-corrected chi connectivity index (χ0v) is 13.7. The summed E-state index contributed by atoms with van der Waals surface area (Å²) in [5.41, 5.74) is 1.50. The van der Waals surface area contributed by atoms with E-state index >= 15 is 0 Å². The molecule has 0 unspecified atom stereocenters. The van der Waals surface area contributed by atoms with Crippen molar-refractivity contribution >= 4 is 57.8 Å². The number of thioether (sulfide) groups is 1. The van der Waals surface area contributed by atoms with Crippen molar-refractivity contribution in [2.24, 2.45) is 0 Å². The first-order valence-electron chi connectivity index (χ1n) is 5.29. The van der Waals surface area contributed by atoms with Crippen LogP contribution in [0.1, 0.15) is 10.4 Å². The second-order valence-electron chi connectivity index (χ2n) is 3.50. The van der Waals surface area contributed by atoms with Gasteiger partial charge in [0.15, 0.2) is 0 Å². The summed E-state index contributed by atoms with van der Waals surface area (Å²) in [5.74, 6) is 0.0181. The highest BCUT2D eigenvalue weighted by molar-refractivity contribution is 8.13. The third-order valence-corrected chi connectivity index (χ3v) is 4.68. The Morgan fingerprint density at radius 1 is 1.50 bits per heavy atom. The van der Waals surface area contributed by atoms with Crippen molar-refractivity contribution in [3.8, 4) is 0 Å². The third kappa shape index (κ3) is 5.47. The molecule has 10 heteroatoms. The maximum atomic E-state index is 11.4. The zero-order chi connectivity index (χ0) is 15.2. The number of alkyl halides is 1. The van der Waals surface area contributed by atoms with Crippen molar-refractivity contribution in [2.45, 2.75) is 0 Å². The molecule has 1 aromatic carbocycles. The van der Waals surface area contributed by atoms with E-state index in [1.54, 1.807) is 12.3 Å². The molecule has 20 heavy (non-hydrogen) atoms. The van der Waals surface area contributed by atoms with Crippen molar-refractivity contribution in [3.63, 3.8) is 0 Å². The van der Waals surface area contributed by atoms with E-state index in [0.29, 0.717) is 5.56 Å². The minimum atomic E-state index is -3.80. The Balaban J connectivity index is 0.000000246. The molecule has 0 saturated heterocycles. The number of rotatable bonds is 3. The molecule has 0 amide bonds. The number of carbonyl (C=O) groups excluding carboxylic acids is 1. The fraction of sp³-hybridized carbons (Fsp3) is 0.300. The Labute approximate surface area is 128 Å². The molecule has 0 saturated carbocycles. The van der Waals surface area contributed by atoms with Crippen LogP contribution in [-0.4, -0.2) is 42.8 Å². The van der Waals surface area contributed by atoms with E-state index in [-0.39, 0.29) is 17.2 Å². The van der Waals surface area contributed by atoms with Crippen molar-refractivity contribution in [2.75, 3.05) is 18.3 Å². The summed E-state index contributed by atoms with van der Waals surface area (Å²) in [7, 11) is -3.80. The fourth-order valence-corrected chi connectivity index (χ4v) is 3.19. The van der Waals surface area contributed by atoms with Gasteiger partial charge in [-0.15, -0.1) is 16.7 Å². The molecule has 0 aliphatic rings. The van der Waals surface area contributed by atoms with Crippen molar-refractivity contribution in [3.05, 3.63) is 23.8 Å². The Bertz CT molecular complexity index is 631. The molecule has 0 spiro atoms. The van der Waals surface area contributed by atoms with Gasteiger partial charge in [0.2, 0.25) is 5.12 Å². The smallest absolute Gasteiger partial charge is 0.324 e. The number of hydrogen-bond donors (Lipinski definition) is 2. The topological polar surface area (TPSA) is 100 Å². The molecule has 2 rings (SSSR count). The van der Waals surface area contributed by atoms with E-state index in [4.69, 9.17) is 21.4 Å². The van der Waals surface area contributed by atoms with Crippen LogP contribution >= 0.6 is 42.5 Å². The summed E-state index contributed by atoms with van der Waals surface area (Å²) in [6.45, 7) is 0.